The third-order valence-corrected chi connectivity index (χ3v) is 6.79. The van der Waals surface area contributed by atoms with Gasteiger partial charge in [-0.2, -0.15) is 0 Å². The molecular formula is C17H10Br2OS. The molecule has 0 radical (unpaired) electrons. The van der Waals surface area contributed by atoms with Gasteiger partial charge in [-0.1, -0.05) is 40.2 Å². The van der Waals surface area contributed by atoms with Crippen LogP contribution in [0.25, 0.3) is 21.9 Å². The first kappa shape index (κ1) is 13.6. The van der Waals surface area contributed by atoms with Crippen molar-refractivity contribution in [3.8, 4) is 0 Å². The molecule has 2 aromatic carbocycles. The molecule has 4 heteroatoms. The molecular weight excluding hydrogens is 412 g/mol. The Hall–Kier alpha value is -1.10. The summed E-state index contributed by atoms with van der Waals surface area (Å²) in [5.74, 6) is 0. The zero-order valence-corrected chi connectivity index (χ0v) is 14.8. The molecule has 0 saturated carbocycles. The van der Waals surface area contributed by atoms with E-state index in [1.807, 2.05) is 18.2 Å². The number of hydrogen-bond acceptors (Lipinski definition) is 2. The van der Waals surface area contributed by atoms with Gasteiger partial charge >= 0.3 is 0 Å². The first-order valence-corrected chi connectivity index (χ1v) is 9.11. The largest absolute Gasteiger partial charge is 0.456 e. The van der Waals surface area contributed by atoms with Crippen LogP contribution in [0, 0.1) is 0 Å². The molecule has 104 valence electrons. The molecule has 2 aromatic heterocycles. The lowest BCUT2D eigenvalue weighted by Crippen LogP contribution is -1.89. The van der Waals surface area contributed by atoms with E-state index in [0.717, 1.165) is 15.6 Å². The van der Waals surface area contributed by atoms with E-state index >= 15 is 0 Å². The number of halogens is 2. The summed E-state index contributed by atoms with van der Waals surface area (Å²) in [6, 6.07) is 16.6. The maximum Gasteiger partial charge on any atom is 0.135 e. The fourth-order valence-electron chi connectivity index (χ4n) is 2.54. The second-order valence-corrected chi connectivity index (χ2v) is 7.57. The summed E-state index contributed by atoms with van der Waals surface area (Å²) in [5, 5.41) is 4.43. The van der Waals surface area contributed by atoms with Gasteiger partial charge in [0.05, 0.1) is 4.83 Å². The van der Waals surface area contributed by atoms with Crippen molar-refractivity contribution in [2.45, 2.75) is 4.83 Å². The predicted molar refractivity (Wildman–Crippen MR) is 96.5 cm³/mol. The van der Waals surface area contributed by atoms with E-state index in [0.29, 0.717) is 0 Å². The van der Waals surface area contributed by atoms with E-state index in [1.165, 1.54) is 21.2 Å². The molecule has 0 amide bonds. The molecule has 21 heavy (non-hydrogen) atoms. The Labute approximate surface area is 142 Å². The third kappa shape index (κ3) is 2.26. The summed E-state index contributed by atoms with van der Waals surface area (Å²) in [4.78, 5) is 1.46. The standard InChI is InChI=1S/C17H10Br2OS/c18-13-7-8-21-17(13)16(19)10-5-6-15-12(9-10)11-3-1-2-4-14(11)20-15/h1-9,16H. The monoisotopic (exact) mass is 420 g/mol. The summed E-state index contributed by atoms with van der Waals surface area (Å²) in [5.41, 5.74) is 3.11. The van der Waals surface area contributed by atoms with E-state index < -0.39 is 0 Å². The molecule has 4 rings (SSSR count). The van der Waals surface area contributed by atoms with Gasteiger partial charge in [0.2, 0.25) is 0 Å². The number of fused-ring (bicyclic) bond motifs is 3. The zero-order chi connectivity index (χ0) is 14.4. The number of thiophene rings is 1. The molecule has 0 saturated heterocycles. The quantitative estimate of drug-likeness (QED) is 0.321. The number of rotatable bonds is 2. The number of benzene rings is 2. The molecule has 1 atom stereocenters. The molecule has 0 fully saturated rings. The molecule has 0 spiro atoms. The van der Waals surface area contributed by atoms with Gasteiger partial charge in [-0.15, -0.1) is 11.3 Å². The molecule has 1 nitrogen and oxygen atoms in total. The fraction of sp³-hybridized carbons (Fsp3) is 0.0588. The van der Waals surface area contributed by atoms with Gasteiger partial charge in [0.25, 0.3) is 0 Å². The Bertz CT molecular complexity index is 938. The van der Waals surface area contributed by atoms with Crippen molar-refractivity contribution in [2.75, 3.05) is 0 Å². The summed E-state index contributed by atoms with van der Waals surface area (Å²) in [6.07, 6.45) is 0. The van der Waals surface area contributed by atoms with Gasteiger partial charge in [0.1, 0.15) is 11.2 Å². The van der Waals surface area contributed by atoms with Gasteiger partial charge in [-0.3, -0.25) is 0 Å². The molecule has 0 aliphatic carbocycles. The second kappa shape index (κ2) is 5.27. The summed E-state index contributed by atoms with van der Waals surface area (Å²) in [6.45, 7) is 0. The highest BCUT2D eigenvalue weighted by Gasteiger charge is 2.16. The lowest BCUT2D eigenvalue weighted by atomic mass is 10.1. The number of para-hydroxylation sites is 1. The van der Waals surface area contributed by atoms with Gasteiger partial charge in [0.15, 0.2) is 0 Å². The number of alkyl halides is 1. The van der Waals surface area contributed by atoms with Crippen molar-refractivity contribution in [2.24, 2.45) is 0 Å². The highest BCUT2D eigenvalue weighted by Crippen LogP contribution is 2.40. The summed E-state index contributed by atoms with van der Waals surface area (Å²) < 4.78 is 7.02. The second-order valence-electron chi connectivity index (χ2n) is 4.85. The van der Waals surface area contributed by atoms with E-state index in [2.05, 4.69) is 67.6 Å². The normalized spacial score (nSPS) is 13.0. The van der Waals surface area contributed by atoms with Crippen LogP contribution in [0.15, 0.2) is 62.8 Å². The van der Waals surface area contributed by atoms with Gasteiger partial charge < -0.3 is 4.42 Å². The molecule has 0 bridgehead atoms. The zero-order valence-electron chi connectivity index (χ0n) is 10.8. The first-order chi connectivity index (χ1) is 10.2. The average molecular weight is 422 g/mol. The Kier molecular flexibility index (Phi) is 3.40. The van der Waals surface area contributed by atoms with Crippen LogP contribution in [0.4, 0.5) is 0 Å². The summed E-state index contributed by atoms with van der Waals surface area (Å²) >= 11 is 9.17. The lowest BCUT2D eigenvalue weighted by Gasteiger charge is -2.09. The highest BCUT2D eigenvalue weighted by atomic mass is 79.9. The van der Waals surface area contributed by atoms with Crippen LogP contribution in [0.2, 0.25) is 0 Å². The lowest BCUT2D eigenvalue weighted by molar-refractivity contribution is 0.669. The summed E-state index contributed by atoms with van der Waals surface area (Å²) in [7, 11) is 0. The van der Waals surface area contributed by atoms with Crippen LogP contribution in [0.3, 0.4) is 0 Å². The topological polar surface area (TPSA) is 13.1 Å². The molecule has 0 aliphatic heterocycles. The van der Waals surface area contributed by atoms with E-state index in [-0.39, 0.29) is 4.83 Å². The third-order valence-electron chi connectivity index (χ3n) is 3.57. The minimum atomic E-state index is 0.185. The van der Waals surface area contributed by atoms with Crippen molar-refractivity contribution < 1.29 is 4.42 Å². The van der Waals surface area contributed by atoms with Gasteiger partial charge in [0, 0.05) is 20.1 Å². The maximum absolute atomic E-state index is 5.88. The van der Waals surface area contributed by atoms with Crippen LogP contribution in [-0.2, 0) is 0 Å². The predicted octanol–water partition coefficient (Wildman–Crippen LogP) is 6.89. The Morgan fingerprint density at radius 1 is 0.952 bits per heavy atom. The van der Waals surface area contributed by atoms with Crippen molar-refractivity contribution >= 4 is 65.1 Å². The molecule has 1 unspecified atom stereocenters. The van der Waals surface area contributed by atoms with Crippen LogP contribution < -0.4 is 0 Å². The van der Waals surface area contributed by atoms with E-state index in [9.17, 15) is 0 Å². The maximum atomic E-state index is 5.88. The highest BCUT2D eigenvalue weighted by molar-refractivity contribution is 9.11. The van der Waals surface area contributed by atoms with Crippen molar-refractivity contribution in [3.63, 3.8) is 0 Å². The van der Waals surface area contributed by atoms with Crippen LogP contribution in [0.5, 0.6) is 0 Å². The molecule has 0 aliphatic rings. The number of furan rings is 1. The minimum Gasteiger partial charge on any atom is -0.456 e. The van der Waals surface area contributed by atoms with E-state index in [4.69, 9.17) is 4.42 Å². The van der Waals surface area contributed by atoms with Gasteiger partial charge in [-0.25, -0.2) is 0 Å². The fourth-order valence-corrected chi connectivity index (χ4v) is 5.30. The molecule has 2 heterocycles. The SMILES string of the molecule is Brc1ccsc1C(Br)c1ccc2oc3ccccc3c2c1. The van der Waals surface area contributed by atoms with Crippen molar-refractivity contribution in [3.05, 3.63) is 68.8 Å². The molecule has 0 N–H and O–H groups in total. The Morgan fingerprint density at radius 3 is 2.57 bits per heavy atom. The van der Waals surface area contributed by atoms with Crippen LogP contribution in [0.1, 0.15) is 15.3 Å². The van der Waals surface area contributed by atoms with Crippen LogP contribution in [-0.4, -0.2) is 0 Å². The van der Waals surface area contributed by atoms with Crippen molar-refractivity contribution in [1.82, 2.24) is 0 Å². The average Bonchev–Trinajstić information content (AvgIpc) is 3.09. The molecule has 4 aromatic rings. The van der Waals surface area contributed by atoms with Crippen LogP contribution >= 0.6 is 43.2 Å². The number of hydrogen-bond donors (Lipinski definition) is 0. The Balaban J connectivity index is 1.90. The van der Waals surface area contributed by atoms with Gasteiger partial charge in [-0.05, 0) is 51.1 Å². The Morgan fingerprint density at radius 2 is 1.76 bits per heavy atom. The minimum absolute atomic E-state index is 0.185. The smallest absolute Gasteiger partial charge is 0.135 e. The first-order valence-electron chi connectivity index (χ1n) is 6.52. The van der Waals surface area contributed by atoms with E-state index in [1.54, 1.807) is 11.3 Å². The van der Waals surface area contributed by atoms with Crippen molar-refractivity contribution in [1.29, 1.82) is 0 Å².